The first kappa shape index (κ1) is 19.3. The fourth-order valence-electron chi connectivity index (χ4n) is 3.52. The van der Waals surface area contributed by atoms with Crippen LogP contribution in [0.5, 0.6) is 0 Å². The molecule has 0 aromatic heterocycles. The second-order valence-electron chi connectivity index (χ2n) is 7.56. The van der Waals surface area contributed by atoms with E-state index in [4.69, 9.17) is 16.2 Å². The summed E-state index contributed by atoms with van der Waals surface area (Å²) in [6.07, 6.45) is 8.22. The molecule has 8 heteroatoms. The molecule has 0 radical (unpaired) electrons. The van der Waals surface area contributed by atoms with Crippen LogP contribution in [0.2, 0.25) is 0 Å². The topological polar surface area (TPSA) is 109 Å². The summed E-state index contributed by atoms with van der Waals surface area (Å²) in [6, 6.07) is -0.497. The molecule has 3 aliphatic rings. The highest BCUT2D eigenvalue weighted by Gasteiger charge is 2.32. The van der Waals surface area contributed by atoms with Crippen molar-refractivity contribution in [3.05, 3.63) is 35.5 Å². The molecule has 1 aliphatic carbocycles. The zero-order valence-electron chi connectivity index (χ0n) is 16.3. The van der Waals surface area contributed by atoms with Crippen LogP contribution in [0.1, 0.15) is 20.3 Å². The average Bonchev–Trinajstić information content (AvgIpc) is 2.64. The van der Waals surface area contributed by atoms with Gasteiger partial charge in [-0.1, -0.05) is 0 Å². The number of carbonyl (C=O) groups is 1. The van der Waals surface area contributed by atoms with Crippen LogP contribution < -0.4 is 16.8 Å². The lowest BCUT2D eigenvalue weighted by molar-refractivity contribution is -0.133. The molecule has 0 aromatic carbocycles. The molecule has 1 saturated heterocycles. The molecule has 3 rings (SSSR count). The number of ether oxygens (including phenoxy) is 1. The van der Waals surface area contributed by atoms with Crippen LogP contribution in [0.4, 0.5) is 0 Å². The van der Waals surface area contributed by atoms with E-state index in [1.807, 2.05) is 44.0 Å². The number of likely N-dealkylation sites (N-methyl/N-ethyl adjacent to an activating group) is 1. The number of rotatable bonds is 5. The third-order valence-electron chi connectivity index (χ3n) is 5.14. The minimum Gasteiger partial charge on any atom is -0.495 e. The van der Waals surface area contributed by atoms with Crippen LogP contribution in [-0.2, 0) is 9.53 Å². The Morgan fingerprint density at radius 2 is 2.11 bits per heavy atom. The molecule has 8 nitrogen and oxygen atoms in total. The number of allylic oxidation sites excluding steroid dienone is 3. The van der Waals surface area contributed by atoms with E-state index in [9.17, 15) is 4.79 Å². The van der Waals surface area contributed by atoms with Gasteiger partial charge in [0.05, 0.1) is 30.8 Å². The van der Waals surface area contributed by atoms with Crippen LogP contribution in [0.15, 0.2) is 40.5 Å². The summed E-state index contributed by atoms with van der Waals surface area (Å²) in [4.78, 5) is 20.3. The van der Waals surface area contributed by atoms with E-state index in [2.05, 4.69) is 10.3 Å². The van der Waals surface area contributed by atoms with Crippen molar-refractivity contribution < 1.29 is 9.53 Å². The lowest BCUT2D eigenvalue weighted by Crippen LogP contribution is -2.51. The van der Waals surface area contributed by atoms with Gasteiger partial charge in [0.15, 0.2) is 0 Å². The summed E-state index contributed by atoms with van der Waals surface area (Å²) in [5.41, 5.74) is 13.5. The second kappa shape index (κ2) is 8.04. The van der Waals surface area contributed by atoms with Gasteiger partial charge in [-0.2, -0.15) is 0 Å². The van der Waals surface area contributed by atoms with Crippen molar-refractivity contribution in [2.45, 2.75) is 38.5 Å². The van der Waals surface area contributed by atoms with Crippen LogP contribution in [-0.4, -0.2) is 66.9 Å². The maximum absolute atomic E-state index is 12.0. The summed E-state index contributed by atoms with van der Waals surface area (Å²) < 4.78 is 5.83. The third-order valence-corrected chi connectivity index (χ3v) is 5.14. The van der Waals surface area contributed by atoms with Crippen molar-refractivity contribution in [1.82, 2.24) is 15.1 Å². The highest BCUT2D eigenvalue weighted by Crippen LogP contribution is 2.29. The maximum atomic E-state index is 12.0. The third kappa shape index (κ3) is 4.44. The lowest BCUT2D eigenvalue weighted by Gasteiger charge is -2.37. The Kier molecular flexibility index (Phi) is 5.74. The van der Waals surface area contributed by atoms with Crippen LogP contribution in [0, 0.1) is 5.92 Å². The van der Waals surface area contributed by atoms with E-state index in [1.54, 1.807) is 11.2 Å². The van der Waals surface area contributed by atoms with Gasteiger partial charge in [-0.25, -0.2) is 0 Å². The predicted octanol–water partition coefficient (Wildman–Crippen LogP) is 0.101. The Bertz CT molecular complexity index is 696. The number of nitrogens with two attached hydrogens (primary N) is 2. The van der Waals surface area contributed by atoms with Gasteiger partial charge in [-0.15, -0.1) is 0 Å². The molecular formula is C19H30N6O2. The highest BCUT2D eigenvalue weighted by molar-refractivity contribution is 5.79. The molecule has 5 N–H and O–H groups in total. The van der Waals surface area contributed by atoms with E-state index >= 15 is 0 Å². The molecular weight excluding hydrogens is 344 g/mol. The van der Waals surface area contributed by atoms with Crippen molar-refractivity contribution in [1.29, 1.82) is 0 Å². The summed E-state index contributed by atoms with van der Waals surface area (Å²) in [5, 5.41) is 3.15. The first-order chi connectivity index (χ1) is 12.8. The summed E-state index contributed by atoms with van der Waals surface area (Å²) in [7, 11) is 1.82. The van der Waals surface area contributed by atoms with Gasteiger partial charge in [0.2, 0.25) is 5.91 Å². The number of hydrogen-bond donors (Lipinski definition) is 3. The number of amides is 1. The predicted molar refractivity (Wildman–Crippen MR) is 105 cm³/mol. The van der Waals surface area contributed by atoms with E-state index < -0.39 is 0 Å². The van der Waals surface area contributed by atoms with E-state index in [1.165, 1.54) is 0 Å². The second-order valence-corrected chi connectivity index (χ2v) is 7.56. The number of piperazine rings is 1. The van der Waals surface area contributed by atoms with E-state index in [-0.39, 0.29) is 30.0 Å². The molecule has 0 saturated carbocycles. The minimum atomic E-state index is -0.280. The van der Waals surface area contributed by atoms with Crippen LogP contribution in [0.3, 0.4) is 0 Å². The Morgan fingerprint density at radius 1 is 1.33 bits per heavy atom. The molecule has 0 bridgehead atoms. The Morgan fingerprint density at radius 3 is 2.81 bits per heavy atom. The summed E-state index contributed by atoms with van der Waals surface area (Å²) in [6.45, 7) is 5.83. The van der Waals surface area contributed by atoms with Crippen LogP contribution >= 0.6 is 0 Å². The number of nitrogens with zero attached hydrogens (tertiary/aromatic N) is 3. The molecule has 3 atom stereocenters. The first-order valence-corrected chi connectivity index (χ1v) is 9.42. The SMILES string of the molecule is CC(C)OC1=CC=C(N)C(C(N)C2C=C(N3CCN(C)C(=O)C3)NC=N2)C1. The quantitative estimate of drug-likeness (QED) is 0.630. The van der Waals surface area contributed by atoms with Gasteiger partial charge >= 0.3 is 0 Å². The minimum absolute atomic E-state index is 0.0457. The largest absolute Gasteiger partial charge is 0.495 e. The molecule has 2 aliphatic heterocycles. The van der Waals surface area contributed by atoms with Crippen LogP contribution in [0.25, 0.3) is 0 Å². The maximum Gasteiger partial charge on any atom is 0.241 e. The molecule has 148 valence electrons. The zero-order chi connectivity index (χ0) is 19.6. The molecule has 27 heavy (non-hydrogen) atoms. The molecule has 1 amide bonds. The van der Waals surface area contributed by atoms with Crippen molar-refractivity contribution in [3.8, 4) is 0 Å². The van der Waals surface area contributed by atoms with Gasteiger partial charge in [-0.05, 0) is 32.1 Å². The van der Waals surface area contributed by atoms with E-state index in [0.29, 0.717) is 19.5 Å². The standard InChI is InChI=1S/C19H30N6O2/c1-12(2)27-13-4-5-15(20)14(8-13)19(21)16-9-17(23-11-22-16)25-7-6-24(3)18(26)10-25/h4-5,9,11-12,14,16,19H,6-8,10,20-21H2,1-3H3,(H,22,23). The number of carbonyl (C=O) groups excluding carboxylic acids is 1. The van der Waals surface area contributed by atoms with E-state index in [0.717, 1.165) is 23.8 Å². The molecule has 3 unspecified atom stereocenters. The summed E-state index contributed by atoms with van der Waals surface area (Å²) >= 11 is 0. The van der Waals surface area contributed by atoms with Crippen molar-refractivity contribution >= 4 is 12.2 Å². The molecule has 0 aromatic rings. The number of hydrogen-bond acceptors (Lipinski definition) is 7. The van der Waals surface area contributed by atoms with Crippen molar-refractivity contribution in [3.63, 3.8) is 0 Å². The fraction of sp³-hybridized carbons (Fsp3) is 0.579. The van der Waals surface area contributed by atoms with Crippen molar-refractivity contribution in [2.24, 2.45) is 22.4 Å². The molecule has 2 heterocycles. The lowest BCUT2D eigenvalue weighted by atomic mass is 9.85. The Balaban J connectivity index is 1.70. The Hall–Kier alpha value is -2.48. The van der Waals surface area contributed by atoms with Gasteiger partial charge in [0, 0.05) is 44.2 Å². The first-order valence-electron chi connectivity index (χ1n) is 9.42. The fourth-order valence-corrected chi connectivity index (χ4v) is 3.52. The van der Waals surface area contributed by atoms with Gasteiger partial charge in [0.1, 0.15) is 5.82 Å². The smallest absolute Gasteiger partial charge is 0.241 e. The normalized spacial score (nSPS) is 27.0. The van der Waals surface area contributed by atoms with Gasteiger partial charge in [-0.3, -0.25) is 9.79 Å². The molecule has 1 fully saturated rings. The number of aliphatic imine (C=N–C) groups is 1. The monoisotopic (exact) mass is 374 g/mol. The average molecular weight is 374 g/mol. The van der Waals surface area contributed by atoms with Gasteiger partial charge < -0.3 is 31.3 Å². The summed E-state index contributed by atoms with van der Waals surface area (Å²) in [5.74, 6) is 1.83. The number of nitrogens with one attached hydrogen (secondary N) is 1. The zero-order valence-corrected chi connectivity index (χ0v) is 16.3. The van der Waals surface area contributed by atoms with Gasteiger partial charge in [0.25, 0.3) is 0 Å². The molecule has 0 spiro atoms. The highest BCUT2D eigenvalue weighted by atomic mass is 16.5. The van der Waals surface area contributed by atoms with Crippen molar-refractivity contribution in [2.75, 3.05) is 26.7 Å². The Labute approximate surface area is 160 Å².